The Labute approximate surface area is 151 Å². The standard InChI is InChI=1S/C16H18BrNO4S2/c1-11-4-5-13(17)8-12(11)10-18-15-7-6-14(23(2,19)20)9-16(15)24(3,21)22/h4-9,18H,10H2,1-3H3. The summed E-state index contributed by atoms with van der Waals surface area (Å²) in [6.45, 7) is 2.39. The van der Waals surface area contributed by atoms with Gasteiger partial charge in [-0.05, 0) is 48.4 Å². The average molecular weight is 432 g/mol. The minimum Gasteiger partial charge on any atom is -0.380 e. The molecule has 0 fully saturated rings. The highest BCUT2D eigenvalue weighted by atomic mass is 79.9. The van der Waals surface area contributed by atoms with Gasteiger partial charge in [-0.3, -0.25) is 0 Å². The van der Waals surface area contributed by atoms with Crippen molar-refractivity contribution in [3.05, 3.63) is 52.0 Å². The highest BCUT2D eigenvalue weighted by Crippen LogP contribution is 2.26. The van der Waals surface area contributed by atoms with Gasteiger partial charge in [0.1, 0.15) is 0 Å². The van der Waals surface area contributed by atoms with Crippen molar-refractivity contribution in [2.75, 3.05) is 17.8 Å². The normalized spacial score (nSPS) is 12.2. The molecular formula is C16H18BrNO4S2. The third kappa shape index (κ3) is 4.58. The molecule has 0 aromatic heterocycles. The zero-order valence-electron chi connectivity index (χ0n) is 13.5. The van der Waals surface area contributed by atoms with Gasteiger partial charge >= 0.3 is 0 Å². The van der Waals surface area contributed by atoms with Crippen LogP contribution in [0.25, 0.3) is 0 Å². The molecule has 5 nitrogen and oxygen atoms in total. The number of sulfone groups is 2. The maximum Gasteiger partial charge on any atom is 0.177 e. The lowest BCUT2D eigenvalue weighted by Gasteiger charge is -2.14. The summed E-state index contributed by atoms with van der Waals surface area (Å²) in [6, 6.07) is 9.93. The van der Waals surface area contributed by atoms with E-state index in [2.05, 4.69) is 21.2 Å². The van der Waals surface area contributed by atoms with Gasteiger partial charge in [0.15, 0.2) is 19.7 Å². The summed E-state index contributed by atoms with van der Waals surface area (Å²) in [4.78, 5) is -0.0508. The van der Waals surface area contributed by atoms with Crippen LogP contribution in [0.15, 0.2) is 50.7 Å². The van der Waals surface area contributed by atoms with E-state index in [-0.39, 0.29) is 9.79 Å². The number of benzene rings is 2. The fourth-order valence-electron chi connectivity index (χ4n) is 2.21. The van der Waals surface area contributed by atoms with Gasteiger partial charge in [-0.2, -0.15) is 0 Å². The van der Waals surface area contributed by atoms with E-state index in [1.807, 2.05) is 25.1 Å². The van der Waals surface area contributed by atoms with Gasteiger partial charge in [-0.15, -0.1) is 0 Å². The number of anilines is 1. The summed E-state index contributed by atoms with van der Waals surface area (Å²) >= 11 is 3.41. The van der Waals surface area contributed by atoms with Crippen molar-refractivity contribution in [2.45, 2.75) is 23.3 Å². The molecule has 2 rings (SSSR count). The van der Waals surface area contributed by atoms with E-state index in [9.17, 15) is 16.8 Å². The van der Waals surface area contributed by atoms with Crippen molar-refractivity contribution in [1.82, 2.24) is 0 Å². The Morgan fingerprint density at radius 1 is 0.958 bits per heavy atom. The summed E-state index contributed by atoms with van der Waals surface area (Å²) in [5.74, 6) is 0. The molecule has 2 aromatic carbocycles. The Kier molecular flexibility index (Phi) is 5.41. The molecule has 0 radical (unpaired) electrons. The second kappa shape index (κ2) is 6.85. The van der Waals surface area contributed by atoms with Gasteiger partial charge in [-0.25, -0.2) is 16.8 Å². The molecule has 0 spiro atoms. The number of rotatable bonds is 5. The molecule has 8 heteroatoms. The maximum absolute atomic E-state index is 12.0. The quantitative estimate of drug-likeness (QED) is 0.785. The van der Waals surface area contributed by atoms with E-state index in [1.165, 1.54) is 18.2 Å². The molecular weight excluding hydrogens is 414 g/mol. The van der Waals surface area contributed by atoms with Gasteiger partial charge < -0.3 is 5.32 Å². The minimum atomic E-state index is -3.58. The molecule has 24 heavy (non-hydrogen) atoms. The largest absolute Gasteiger partial charge is 0.380 e. The van der Waals surface area contributed by atoms with Crippen molar-refractivity contribution in [2.24, 2.45) is 0 Å². The molecule has 0 saturated heterocycles. The van der Waals surface area contributed by atoms with Gasteiger partial charge in [0, 0.05) is 23.5 Å². The first-order chi connectivity index (χ1) is 11.0. The van der Waals surface area contributed by atoms with Crippen molar-refractivity contribution in [3.8, 4) is 0 Å². The van der Waals surface area contributed by atoms with Crippen LogP contribution in [0, 0.1) is 6.92 Å². The molecule has 0 atom stereocenters. The zero-order chi connectivity index (χ0) is 18.1. The number of halogens is 1. The Morgan fingerprint density at radius 2 is 1.62 bits per heavy atom. The average Bonchev–Trinajstić information content (AvgIpc) is 2.46. The molecule has 0 aliphatic heterocycles. The third-order valence-electron chi connectivity index (χ3n) is 3.56. The van der Waals surface area contributed by atoms with Crippen LogP contribution in [0.5, 0.6) is 0 Å². The van der Waals surface area contributed by atoms with Crippen LogP contribution in [0.3, 0.4) is 0 Å². The number of hydrogen-bond acceptors (Lipinski definition) is 5. The number of nitrogens with one attached hydrogen (secondary N) is 1. The van der Waals surface area contributed by atoms with E-state index < -0.39 is 19.7 Å². The van der Waals surface area contributed by atoms with E-state index in [1.54, 1.807) is 0 Å². The first-order valence-corrected chi connectivity index (χ1v) is 11.6. The predicted molar refractivity (Wildman–Crippen MR) is 98.9 cm³/mol. The van der Waals surface area contributed by atoms with Crippen LogP contribution >= 0.6 is 15.9 Å². The molecule has 0 aliphatic rings. The predicted octanol–water partition coefficient (Wildman–Crippen LogP) is 3.18. The number of hydrogen-bond donors (Lipinski definition) is 1. The smallest absolute Gasteiger partial charge is 0.177 e. The van der Waals surface area contributed by atoms with Crippen LogP contribution in [0.1, 0.15) is 11.1 Å². The minimum absolute atomic E-state index is 0.0212. The first kappa shape index (κ1) is 19.0. The van der Waals surface area contributed by atoms with Crippen LogP contribution in [-0.4, -0.2) is 29.3 Å². The summed E-state index contributed by atoms with van der Waals surface area (Å²) in [7, 11) is -7.06. The highest BCUT2D eigenvalue weighted by Gasteiger charge is 2.18. The summed E-state index contributed by atoms with van der Waals surface area (Å²) in [5, 5.41) is 3.09. The van der Waals surface area contributed by atoms with E-state index in [0.29, 0.717) is 12.2 Å². The summed E-state index contributed by atoms with van der Waals surface area (Å²) < 4.78 is 48.3. The Bertz CT molecular complexity index is 983. The van der Waals surface area contributed by atoms with Gasteiger partial charge in [0.05, 0.1) is 15.5 Å². The second-order valence-electron chi connectivity index (χ2n) is 5.63. The maximum atomic E-state index is 12.0. The van der Waals surface area contributed by atoms with E-state index in [0.717, 1.165) is 28.1 Å². The molecule has 0 bridgehead atoms. The Hall–Kier alpha value is -1.38. The summed E-state index contributed by atoms with van der Waals surface area (Å²) in [5.41, 5.74) is 2.46. The third-order valence-corrected chi connectivity index (χ3v) is 6.30. The van der Waals surface area contributed by atoms with Crippen molar-refractivity contribution in [3.63, 3.8) is 0 Å². The van der Waals surface area contributed by atoms with Gasteiger partial charge in [-0.1, -0.05) is 22.0 Å². The highest BCUT2D eigenvalue weighted by molar-refractivity contribution is 9.10. The summed E-state index contributed by atoms with van der Waals surface area (Å²) in [6.07, 6.45) is 2.11. The molecule has 130 valence electrons. The Morgan fingerprint density at radius 3 is 2.21 bits per heavy atom. The van der Waals surface area contributed by atoms with Crippen LogP contribution in [0.4, 0.5) is 5.69 Å². The fraction of sp³-hybridized carbons (Fsp3) is 0.250. The molecule has 0 amide bonds. The van der Waals surface area contributed by atoms with Crippen molar-refractivity contribution >= 4 is 41.3 Å². The van der Waals surface area contributed by atoms with E-state index >= 15 is 0 Å². The molecule has 0 unspecified atom stereocenters. The zero-order valence-corrected chi connectivity index (χ0v) is 16.7. The molecule has 1 N–H and O–H groups in total. The van der Waals surface area contributed by atoms with Crippen LogP contribution in [-0.2, 0) is 26.2 Å². The lowest BCUT2D eigenvalue weighted by molar-refractivity contribution is 0.600. The molecule has 0 aliphatic carbocycles. The topological polar surface area (TPSA) is 80.3 Å². The van der Waals surface area contributed by atoms with Crippen LogP contribution < -0.4 is 5.32 Å². The fourth-order valence-corrected chi connectivity index (χ4v) is 4.22. The van der Waals surface area contributed by atoms with Crippen molar-refractivity contribution < 1.29 is 16.8 Å². The number of aryl methyl sites for hydroxylation is 1. The monoisotopic (exact) mass is 431 g/mol. The molecule has 2 aromatic rings. The van der Waals surface area contributed by atoms with E-state index in [4.69, 9.17) is 0 Å². The van der Waals surface area contributed by atoms with Gasteiger partial charge in [0.25, 0.3) is 0 Å². The van der Waals surface area contributed by atoms with Crippen molar-refractivity contribution in [1.29, 1.82) is 0 Å². The Balaban J connectivity index is 2.42. The lowest BCUT2D eigenvalue weighted by atomic mass is 10.1. The first-order valence-electron chi connectivity index (χ1n) is 7.01. The lowest BCUT2D eigenvalue weighted by Crippen LogP contribution is -2.09. The molecule has 0 heterocycles. The van der Waals surface area contributed by atoms with Crippen LogP contribution in [0.2, 0.25) is 0 Å². The molecule has 0 saturated carbocycles. The SMILES string of the molecule is Cc1ccc(Br)cc1CNc1ccc(S(C)(=O)=O)cc1S(C)(=O)=O. The van der Waals surface area contributed by atoms with Gasteiger partial charge in [0.2, 0.25) is 0 Å². The second-order valence-corrected chi connectivity index (χ2v) is 10.5.